The Morgan fingerprint density at radius 1 is 1.13 bits per heavy atom. The lowest BCUT2D eigenvalue weighted by atomic mass is 9.98. The van der Waals surface area contributed by atoms with Gasteiger partial charge in [-0.25, -0.2) is 4.79 Å². The van der Waals surface area contributed by atoms with Crippen LogP contribution in [0.1, 0.15) is 40.8 Å². The third-order valence-electron chi connectivity index (χ3n) is 5.66. The van der Waals surface area contributed by atoms with Gasteiger partial charge in [-0.05, 0) is 29.2 Å². The average Bonchev–Trinajstić information content (AvgIpc) is 3.23. The summed E-state index contributed by atoms with van der Waals surface area (Å²) in [5.74, 6) is -1.07. The second-order valence-electron chi connectivity index (χ2n) is 7.43. The monoisotopic (exact) mass is 405 g/mol. The maximum absolute atomic E-state index is 12.6. The Morgan fingerprint density at radius 3 is 2.27 bits per heavy atom. The predicted molar refractivity (Wildman–Crippen MR) is 111 cm³/mol. The lowest BCUT2D eigenvalue weighted by Gasteiger charge is -2.19. The van der Waals surface area contributed by atoms with E-state index in [2.05, 4.69) is 22.5 Å². The van der Waals surface area contributed by atoms with Crippen molar-refractivity contribution in [1.29, 1.82) is 0 Å². The fraction of sp³-hybridized carbons (Fsp3) is 0.261. The molecule has 0 spiro atoms. The van der Waals surface area contributed by atoms with Crippen LogP contribution in [0, 0.1) is 6.92 Å². The number of benzene rings is 2. The van der Waals surface area contributed by atoms with Crippen LogP contribution in [0.2, 0.25) is 0 Å². The molecule has 3 aromatic rings. The van der Waals surface area contributed by atoms with Crippen LogP contribution in [0.3, 0.4) is 0 Å². The molecule has 1 heterocycles. The third kappa shape index (κ3) is 3.66. The van der Waals surface area contributed by atoms with Crippen molar-refractivity contribution in [3.63, 3.8) is 0 Å². The van der Waals surface area contributed by atoms with Gasteiger partial charge in [-0.1, -0.05) is 48.5 Å². The van der Waals surface area contributed by atoms with Gasteiger partial charge in [-0.3, -0.25) is 9.48 Å². The Hall–Kier alpha value is -3.61. The Kier molecular flexibility index (Phi) is 5.27. The number of aliphatic carboxylic acids is 1. The van der Waals surface area contributed by atoms with E-state index in [0.29, 0.717) is 5.56 Å². The molecular weight excluding hydrogens is 382 g/mol. The van der Waals surface area contributed by atoms with E-state index in [1.165, 1.54) is 0 Å². The van der Waals surface area contributed by atoms with E-state index in [0.717, 1.165) is 27.9 Å². The summed E-state index contributed by atoms with van der Waals surface area (Å²) < 4.78 is 7.19. The highest BCUT2D eigenvalue weighted by Crippen LogP contribution is 2.44. The van der Waals surface area contributed by atoms with E-state index in [9.17, 15) is 14.7 Å². The molecule has 1 atom stereocenters. The summed E-state index contributed by atoms with van der Waals surface area (Å²) in [6, 6.07) is 15.5. The van der Waals surface area contributed by atoms with Crippen LogP contribution in [-0.4, -0.2) is 33.6 Å². The van der Waals surface area contributed by atoms with E-state index in [-0.39, 0.29) is 18.9 Å². The predicted octanol–water partition coefficient (Wildman–Crippen LogP) is 3.78. The molecule has 1 aromatic heterocycles. The van der Waals surface area contributed by atoms with Gasteiger partial charge in [0.25, 0.3) is 0 Å². The van der Waals surface area contributed by atoms with Gasteiger partial charge in [0.1, 0.15) is 6.61 Å². The topological polar surface area (TPSA) is 93.5 Å². The molecule has 0 bridgehead atoms. The molecule has 30 heavy (non-hydrogen) atoms. The summed E-state index contributed by atoms with van der Waals surface area (Å²) in [5, 5.41) is 16.1. The number of carbonyl (C=O) groups is 2. The number of alkyl carbamates (subject to hydrolysis) is 1. The average molecular weight is 405 g/mol. The van der Waals surface area contributed by atoms with Crippen molar-refractivity contribution < 1.29 is 19.4 Å². The van der Waals surface area contributed by atoms with Crippen LogP contribution in [-0.2, 0) is 16.6 Å². The van der Waals surface area contributed by atoms with Crippen molar-refractivity contribution in [3.05, 3.63) is 77.1 Å². The molecule has 4 rings (SSSR count). The second-order valence-corrected chi connectivity index (χ2v) is 7.43. The maximum atomic E-state index is 12.6. The van der Waals surface area contributed by atoms with Gasteiger partial charge < -0.3 is 15.2 Å². The van der Waals surface area contributed by atoms with E-state index >= 15 is 0 Å². The van der Waals surface area contributed by atoms with Crippen molar-refractivity contribution in [2.75, 3.05) is 6.61 Å². The Bertz CT molecular complexity index is 1060. The summed E-state index contributed by atoms with van der Waals surface area (Å²) in [4.78, 5) is 23.9. The van der Waals surface area contributed by atoms with Crippen LogP contribution < -0.4 is 5.32 Å². The number of aryl methyl sites for hydroxylation is 1. The molecule has 1 aliphatic rings. The summed E-state index contributed by atoms with van der Waals surface area (Å²) in [5.41, 5.74) is 6.00. The molecule has 0 saturated heterocycles. The molecule has 0 saturated carbocycles. The van der Waals surface area contributed by atoms with Crippen LogP contribution in [0.25, 0.3) is 11.1 Å². The molecular formula is C23H23N3O4. The van der Waals surface area contributed by atoms with Crippen molar-refractivity contribution >= 4 is 12.1 Å². The van der Waals surface area contributed by atoms with Gasteiger partial charge >= 0.3 is 12.1 Å². The van der Waals surface area contributed by atoms with Gasteiger partial charge in [-0.15, -0.1) is 0 Å². The zero-order valence-electron chi connectivity index (χ0n) is 16.8. The molecule has 2 N–H and O–H groups in total. The molecule has 7 heteroatoms. The first kappa shape index (κ1) is 19.7. The molecule has 1 aliphatic carbocycles. The summed E-state index contributed by atoms with van der Waals surface area (Å²) in [6.07, 6.45) is 0.676. The number of carboxylic acids is 1. The fourth-order valence-corrected chi connectivity index (χ4v) is 4.05. The zero-order chi connectivity index (χ0) is 21.3. The molecule has 2 aromatic carbocycles. The van der Waals surface area contributed by atoms with Gasteiger partial charge in [0.2, 0.25) is 0 Å². The molecule has 0 radical (unpaired) electrons. The first-order chi connectivity index (χ1) is 14.5. The van der Waals surface area contributed by atoms with Gasteiger partial charge in [0, 0.05) is 24.2 Å². The number of fused-ring (bicyclic) bond motifs is 3. The lowest BCUT2D eigenvalue weighted by molar-refractivity contribution is -0.137. The number of rotatable bonds is 6. The highest BCUT2D eigenvalue weighted by molar-refractivity contribution is 5.79. The second kappa shape index (κ2) is 8.02. The van der Waals surface area contributed by atoms with Crippen LogP contribution in [0.5, 0.6) is 0 Å². The number of ether oxygens (including phenoxy) is 1. The summed E-state index contributed by atoms with van der Waals surface area (Å²) in [7, 11) is 1.77. The van der Waals surface area contributed by atoms with Crippen molar-refractivity contribution in [2.45, 2.75) is 25.3 Å². The molecule has 154 valence electrons. The standard InChI is InChI=1S/C23H23N3O4/c1-14-19(12-24-26(14)2)21(11-22(27)28)25-23(29)30-13-20-17-9-5-3-7-15(17)16-8-4-6-10-18(16)20/h3-10,12,20-21H,11,13H2,1-2H3,(H,25,29)(H,27,28)/t21-/m1/s1. The fourth-order valence-electron chi connectivity index (χ4n) is 4.05. The Morgan fingerprint density at radius 2 is 1.73 bits per heavy atom. The number of hydrogen-bond donors (Lipinski definition) is 2. The number of amides is 1. The molecule has 0 fully saturated rings. The first-order valence-corrected chi connectivity index (χ1v) is 9.77. The van der Waals surface area contributed by atoms with Crippen molar-refractivity contribution in [2.24, 2.45) is 7.05 Å². The minimum atomic E-state index is -1.01. The number of carboxylic acid groups (broad SMARTS) is 1. The Labute approximate surface area is 174 Å². The van der Waals surface area contributed by atoms with E-state index in [4.69, 9.17) is 4.74 Å². The minimum Gasteiger partial charge on any atom is -0.481 e. The van der Waals surface area contributed by atoms with E-state index < -0.39 is 18.1 Å². The highest BCUT2D eigenvalue weighted by Gasteiger charge is 2.29. The van der Waals surface area contributed by atoms with Gasteiger partial charge in [0.15, 0.2) is 0 Å². The van der Waals surface area contributed by atoms with Crippen LogP contribution in [0.4, 0.5) is 4.79 Å². The smallest absolute Gasteiger partial charge is 0.407 e. The number of nitrogens with zero attached hydrogens (tertiary/aromatic N) is 2. The minimum absolute atomic E-state index is 0.0544. The number of nitrogens with one attached hydrogen (secondary N) is 1. The van der Waals surface area contributed by atoms with E-state index in [1.54, 1.807) is 17.9 Å². The maximum Gasteiger partial charge on any atom is 0.407 e. The Balaban J connectivity index is 1.49. The number of aromatic nitrogens is 2. The number of hydrogen-bond acceptors (Lipinski definition) is 4. The third-order valence-corrected chi connectivity index (χ3v) is 5.66. The normalized spacial score (nSPS) is 13.4. The summed E-state index contributed by atoms with van der Waals surface area (Å²) in [6.45, 7) is 2.00. The zero-order valence-corrected chi connectivity index (χ0v) is 16.8. The molecule has 0 unspecified atom stereocenters. The number of carbonyl (C=O) groups excluding carboxylic acids is 1. The largest absolute Gasteiger partial charge is 0.481 e. The quantitative estimate of drug-likeness (QED) is 0.651. The van der Waals surface area contributed by atoms with Crippen LogP contribution in [0.15, 0.2) is 54.7 Å². The molecule has 0 aliphatic heterocycles. The van der Waals surface area contributed by atoms with Gasteiger partial charge in [-0.2, -0.15) is 5.10 Å². The summed E-state index contributed by atoms with van der Waals surface area (Å²) >= 11 is 0. The SMILES string of the molecule is Cc1c([C@@H](CC(=O)O)NC(=O)OCC2c3ccccc3-c3ccccc32)cnn1C. The first-order valence-electron chi connectivity index (χ1n) is 9.77. The molecule has 7 nitrogen and oxygen atoms in total. The van der Waals surface area contributed by atoms with Gasteiger partial charge in [0.05, 0.1) is 18.7 Å². The van der Waals surface area contributed by atoms with E-state index in [1.807, 2.05) is 43.3 Å². The molecule has 1 amide bonds. The van der Waals surface area contributed by atoms with Crippen molar-refractivity contribution in [3.8, 4) is 11.1 Å². The van der Waals surface area contributed by atoms with Crippen LogP contribution >= 0.6 is 0 Å². The highest BCUT2D eigenvalue weighted by atomic mass is 16.5. The van der Waals surface area contributed by atoms with Crippen molar-refractivity contribution in [1.82, 2.24) is 15.1 Å². The lowest BCUT2D eigenvalue weighted by Crippen LogP contribution is -2.32.